The van der Waals surface area contributed by atoms with E-state index in [1.54, 1.807) is 6.20 Å². The molecule has 2 nitrogen and oxygen atoms in total. The summed E-state index contributed by atoms with van der Waals surface area (Å²) in [6.07, 6.45) is 1.71. The van der Waals surface area contributed by atoms with Crippen molar-refractivity contribution in [2.45, 2.75) is 32.2 Å². The lowest BCUT2D eigenvalue weighted by Gasteiger charge is -2.31. The van der Waals surface area contributed by atoms with Crippen molar-refractivity contribution in [3.63, 3.8) is 0 Å². The normalized spacial score (nSPS) is 20.9. The Hall–Kier alpha value is -1.03. The van der Waals surface area contributed by atoms with Crippen LogP contribution >= 0.6 is 0 Å². The predicted octanol–water partition coefficient (Wildman–Crippen LogP) is 2.62. The van der Waals surface area contributed by atoms with Crippen molar-refractivity contribution in [1.82, 2.24) is 9.88 Å². The molecule has 4 heteroatoms. The Labute approximate surface area is 94.3 Å². The minimum Gasteiger partial charge on any atom is -0.299 e. The van der Waals surface area contributed by atoms with E-state index in [9.17, 15) is 8.78 Å². The van der Waals surface area contributed by atoms with E-state index >= 15 is 0 Å². The molecule has 1 aliphatic rings. The summed E-state index contributed by atoms with van der Waals surface area (Å²) in [7, 11) is 0. The van der Waals surface area contributed by atoms with E-state index in [1.165, 1.54) is 0 Å². The van der Waals surface area contributed by atoms with Crippen LogP contribution in [0.4, 0.5) is 8.78 Å². The van der Waals surface area contributed by atoms with Crippen molar-refractivity contribution in [1.29, 1.82) is 0 Å². The van der Waals surface area contributed by atoms with Gasteiger partial charge in [-0.25, -0.2) is 8.78 Å². The summed E-state index contributed by atoms with van der Waals surface area (Å²) in [6.45, 7) is 3.63. The molecule has 0 amide bonds. The third kappa shape index (κ3) is 2.76. The summed E-state index contributed by atoms with van der Waals surface area (Å²) in [5, 5.41) is 0. The first-order valence-electron chi connectivity index (χ1n) is 5.57. The Balaban J connectivity index is 1.95. The second kappa shape index (κ2) is 4.45. The van der Waals surface area contributed by atoms with Crippen LogP contribution in [0.25, 0.3) is 0 Å². The number of nitrogens with zero attached hydrogens (tertiary/aromatic N) is 2. The number of aryl methyl sites for hydroxylation is 1. The Kier molecular flexibility index (Phi) is 3.19. The average molecular weight is 226 g/mol. The fourth-order valence-electron chi connectivity index (χ4n) is 1.96. The van der Waals surface area contributed by atoms with Crippen LogP contribution in [-0.4, -0.2) is 28.9 Å². The van der Waals surface area contributed by atoms with Gasteiger partial charge in [-0.15, -0.1) is 0 Å². The first kappa shape index (κ1) is 11.5. The zero-order chi connectivity index (χ0) is 11.6. The highest BCUT2D eigenvalue weighted by atomic mass is 19.3. The number of hydrogen-bond donors (Lipinski definition) is 0. The van der Waals surface area contributed by atoms with Gasteiger partial charge in [0.1, 0.15) is 0 Å². The van der Waals surface area contributed by atoms with E-state index in [1.807, 2.05) is 19.1 Å². The minimum absolute atomic E-state index is 0.0215. The molecule has 1 aliphatic heterocycles. The first-order chi connectivity index (χ1) is 7.57. The maximum atomic E-state index is 13.0. The van der Waals surface area contributed by atoms with Crippen LogP contribution in [0.15, 0.2) is 18.3 Å². The summed E-state index contributed by atoms with van der Waals surface area (Å²) in [5.74, 6) is -2.46. The molecule has 0 unspecified atom stereocenters. The van der Waals surface area contributed by atoms with Gasteiger partial charge in [-0.3, -0.25) is 9.88 Å². The summed E-state index contributed by atoms with van der Waals surface area (Å²) >= 11 is 0. The highest BCUT2D eigenvalue weighted by molar-refractivity contribution is 5.18. The lowest BCUT2D eigenvalue weighted by molar-refractivity contribution is -0.0566. The highest BCUT2D eigenvalue weighted by Crippen LogP contribution is 2.28. The van der Waals surface area contributed by atoms with E-state index in [0.717, 1.165) is 17.8 Å². The monoisotopic (exact) mass is 226 g/mol. The second-order valence-corrected chi connectivity index (χ2v) is 4.38. The van der Waals surface area contributed by atoms with Crippen molar-refractivity contribution in [3.05, 3.63) is 29.6 Å². The molecular formula is C12H16F2N2. The molecule has 0 saturated carbocycles. The van der Waals surface area contributed by atoms with Gasteiger partial charge in [0.05, 0.1) is 0 Å². The molecule has 1 aromatic heterocycles. The molecule has 2 rings (SSSR count). The smallest absolute Gasteiger partial charge is 0.250 e. The Morgan fingerprint density at radius 1 is 1.38 bits per heavy atom. The number of halogens is 2. The Morgan fingerprint density at radius 3 is 2.69 bits per heavy atom. The largest absolute Gasteiger partial charge is 0.299 e. The number of hydrogen-bond acceptors (Lipinski definition) is 2. The zero-order valence-electron chi connectivity index (χ0n) is 9.42. The fourth-order valence-corrected chi connectivity index (χ4v) is 1.96. The van der Waals surface area contributed by atoms with Crippen LogP contribution in [0.2, 0.25) is 0 Å². The molecule has 0 N–H and O–H groups in total. The van der Waals surface area contributed by atoms with E-state index in [-0.39, 0.29) is 12.8 Å². The zero-order valence-corrected chi connectivity index (χ0v) is 9.42. The first-order valence-corrected chi connectivity index (χ1v) is 5.57. The molecule has 16 heavy (non-hydrogen) atoms. The van der Waals surface area contributed by atoms with Gasteiger partial charge in [0.25, 0.3) is 5.92 Å². The molecule has 0 spiro atoms. The number of pyridine rings is 1. The number of alkyl halides is 2. The van der Waals surface area contributed by atoms with Crippen molar-refractivity contribution in [3.8, 4) is 0 Å². The molecule has 88 valence electrons. The van der Waals surface area contributed by atoms with E-state index in [0.29, 0.717) is 13.1 Å². The van der Waals surface area contributed by atoms with Crippen LogP contribution in [0.1, 0.15) is 24.1 Å². The summed E-state index contributed by atoms with van der Waals surface area (Å²) in [6, 6.07) is 3.90. The fraction of sp³-hybridized carbons (Fsp3) is 0.583. The van der Waals surface area contributed by atoms with E-state index in [4.69, 9.17) is 0 Å². The van der Waals surface area contributed by atoms with Crippen molar-refractivity contribution < 1.29 is 8.78 Å². The van der Waals surface area contributed by atoms with Crippen molar-refractivity contribution in [2.24, 2.45) is 0 Å². The van der Waals surface area contributed by atoms with Crippen LogP contribution in [0, 0.1) is 6.92 Å². The number of aromatic nitrogens is 1. The molecule has 0 atom stereocenters. The molecule has 0 radical (unpaired) electrons. The molecule has 1 fully saturated rings. The highest BCUT2D eigenvalue weighted by Gasteiger charge is 2.33. The molecular weight excluding hydrogens is 210 g/mol. The third-order valence-electron chi connectivity index (χ3n) is 3.10. The third-order valence-corrected chi connectivity index (χ3v) is 3.10. The van der Waals surface area contributed by atoms with Gasteiger partial charge in [-0.2, -0.15) is 0 Å². The van der Waals surface area contributed by atoms with Crippen LogP contribution in [-0.2, 0) is 6.54 Å². The summed E-state index contributed by atoms with van der Waals surface area (Å²) in [5.41, 5.74) is 2.12. The molecule has 0 aromatic carbocycles. The molecule has 2 heterocycles. The number of likely N-dealkylation sites (tertiary alicyclic amines) is 1. The van der Waals surface area contributed by atoms with Crippen LogP contribution < -0.4 is 0 Å². The SMILES string of the molecule is Cc1ncccc1CN1CCC(F)(F)CC1. The van der Waals surface area contributed by atoms with E-state index in [2.05, 4.69) is 9.88 Å². The van der Waals surface area contributed by atoms with Gasteiger partial charge in [0, 0.05) is 44.4 Å². The van der Waals surface area contributed by atoms with Gasteiger partial charge < -0.3 is 0 Å². The molecule has 1 saturated heterocycles. The Morgan fingerprint density at radius 2 is 2.06 bits per heavy atom. The minimum atomic E-state index is -2.46. The molecule has 0 aliphatic carbocycles. The quantitative estimate of drug-likeness (QED) is 0.770. The Bertz CT molecular complexity index is 356. The van der Waals surface area contributed by atoms with Crippen molar-refractivity contribution in [2.75, 3.05) is 13.1 Å². The van der Waals surface area contributed by atoms with Gasteiger partial charge in [-0.1, -0.05) is 6.07 Å². The molecule has 0 bridgehead atoms. The maximum Gasteiger partial charge on any atom is 0.250 e. The second-order valence-electron chi connectivity index (χ2n) is 4.38. The number of piperidine rings is 1. The van der Waals surface area contributed by atoms with Crippen LogP contribution in [0.5, 0.6) is 0 Å². The van der Waals surface area contributed by atoms with Crippen molar-refractivity contribution >= 4 is 0 Å². The topological polar surface area (TPSA) is 16.1 Å². The molecule has 1 aromatic rings. The van der Waals surface area contributed by atoms with Gasteiger partial charge in [0.15, 0.2) is 0 Å². The van der Waals surface area contributed by atoms with E-state index < -0.39 is 5.92 Å². The van der Waals surface area contributed by atoms with Gasteiger partial charge in [-0.05, 0) is 18.6 Å². The lowest BCUT2D eigenvalue weighted by Crippen LogP contribution is -2.38. The summed E-state index contributed by atoms with van der Waals surface area (Å²) in [4.78, 5) is 6.27. The maximum absolute atomic E-state index is 13.0. The lowest BCUT2D eigenvalue weighted by atomic mass is 10.1. The standard InChI is InChI=1S/C12H16F2N2/c1-10-11(3-2-6-15-10)9-16-7-4-12(13,14)5-8-16/h2-3,6H,4-5,7-9H2,1H3. The van der Waals surface area contributed by atoms with Gasteiger partial charge in [0.2, 0.25) is 0 Å². The van der Waals surface area contributed by atoms with Crippen LogP contribution in [0.3, 0.4) is 0 Å². The predicted molar refractivity (Wildman–Crippen MR) is 58.4 cm³/mol. The van der Waals surface area contributed by atoms with Gasteiger partial charge >= 0.3 is 0 Å². The summed E-state index contributed by atoms with van der Waals surface area (Å²) < 4.78 is 25.9. The average Bonchev–Trinajstić information content (AvgIpc) is 2.24. The number of rotatable bonds is 2.